The molecule has 1 aliphatic heterocycles. The second-order valence-electron chi connectivity index (χ2n) is 5.59. The van der Waals surface area contributed by atoms with Crippen LogP contribution < -0.4 is 5.32 Å². The molecule has 0 saturated carbocycles. The lowest BCUT2D eigenvalue weighted by Crippen LogP contribution is -2.53. The van der Waals surface area contributed by atoms with E-state index in [9.17, 15) is 14.4 Å². The van der Waals surface area contributed by atoms with Crippen molar-refractivity contribution in [2.75, 3.05) is 19.6 Å². The van der Waals surface area contributed by atoms with E-state index in [4.69, 9.17) is 5.11 Å². The monoisotopic (exact) mass is 256 g/mol. The fraction of sp³-hybridized carbons (Fsp3) is 0.750. The zero-order valence-corrected chi connectivity index (χ0v) is 11.0. The van der Waals surface area contributed by atoms with Crippen LogP contribution in [0.15, 0.2) is 0 Å². The van der Waals surface area contributed by atoms with Crippen molar-refractivity contribution in [2.45, 2.75) is 27.2 Å². The van der Waals surface area contributed by atoms with Crippen LogP contribution in [0.5, 0.6) is 0 Å². The summed E-state index contributed by atoms with van der Waals surface area (Å²) in [5.41, 5.74) is -0.464. The Morgan fingerprint density at radius 3 is 2.28 bits per heavy atom. The van der Waals surface area contributed by atoms with Gasteiger partial charge in [-0.25, -0.2) is 0 Å². The first-order valence-corrected chi connectivity index (χ1v) is 6.00. The summed E-state index contributed by atoms with van der Waals surface area (Å²) in [4.78, 5) is 35.2. The fourth-order valence-electron chi connectivity index (χ4n) is 1.54. The highest BCUT2D eigenvalue weighted by Crippen LogP contribution is 2.16. The number of hydrogen-bond acceptors (Lipinski definition) is 3. The zero-order chi connectivity index (χ0) is 13.9. The Hall–Kier alpha value is -1.59. The summed E-state index contributed by atoms with van der Waals surface area (Å²) in [6.45, 7) is 6.26. The summed E-state index contributed by atoms with van der Waals surface area (Å²) in [6, 6.07) is 0. The van der Waals surface area contributed by atoms with Gasteiger partial charge in [0.2, 0.25) is 11.8 Å². The van der Waals surface area contributed by atoms with E-state index in [0.29, 0.717) is 6.54 Å². The molecule has 0 aliphatic carbocycles. The number of amides is 2. The molecule has 1 saturated heterocycles. The first kappa shape index (κ1) is 14.5. The highest BCUT2D eigenvalue weighted by molar-refractivity contribution is 5.83. The smallest absolute Gasteiger partial charge is 0.310 e. The molecule has 1 fully saturated rings. The number of likely N-dealkylation sites (tertiary alicyclic amines) is 1. The van der Waals surface area contributed by atoms with Crippen LogP contribution >= 0.6 is 0 Å². The van der Waals surface area contributed by atoms with Gasteiger partial charge in [0.05, 0.1) is 5.92 Å². The van der Waals surface area contributed by atoms with Crippen LogP contribution in [-0.2, 0) is 14.4 Å². The molecule has 0 unspecified atom stereocenters. The third-order valence-electron chi connectivity index (χ3n) is 2.89. The van der Waals surface area contributed by atoms with Gasteiger partial charge in [-0.1, -0.05) is 20.8 Å². The minimum absolute atomic E-state index is 0.0951. The molecule has 1 heterocycles. The van der Waals surface area contributed by atoms with Gasteiger partial charge in [0.25, 0.3) is 0 Å². The van der Waals surface area contributed by atoms with Crippen molar-refractivity contribution in [3.63, 3.8) is 0 Å². The van der Waals surface area contributed by atoms with E-state index in [-0.39, 0.29) is 31.3 Å². The number of carboxylic acid groups (broad SMARTS) is 1. The minimum Gasteiger partial charge on any atom is -0.481 e. The molecule has 0 aromatic carbocycles. The predicted molar refractivity (Wildman–Crippen MR) is 64.8 cm³/mol. The number of carboxylic acids is 1. The summed E-state index contributed by atoms with van der Waals surface area (Å²) in [5.74, 6) is -1.50. The molecule has 0 aromatic rings. The third kappa shape index (κ3) is 3.72. The molecule has 1 aliphatic rings. The molecule has 2 N–H and O–H groups in total. The molecule has 2 amide bonds. The van der Waals surface area contributed by atoms with Gasteiger partial charge in [-0.3, -0.25) is 14.4 Å². The average molecular weight is 256 g/mol. The Morgan fingerprint density at radius 2 is 1.83 bits per heavy atom. The summed E-state index contributed by atoms with van der Waals surface area (Å²) in [5, 5.41) is 11.4. The molecule has 102 valence electrons. The number of rotatable bonds is 4. The van der Waals surface area contributed by atoms with Crippen molar-refractivity contribution in [3.8, 4) is 0 Å². The quantitative estimate of drug-likeness (QED) is 0.746. The number of nitrogens with one attached hydrogen (secondary N) is 1. The van der Waals surface area contributed by atoms with E-state index < -0.39 is 17.3 Å². The summed E-state index contributed by atoms with van der Waals surface area (Å²) >= 11 is 0. The van der Waals surface area contributed by atoms with E-state index in [1.165, 1.54) is 4.90 Å². The van der Waals surface area contributed by atoms with Gasteiger partial charge in [-0.2, -0.15) is 0 Å². The number of aliphatic carboxylic acids is 1. The van der Waals surface area contributed by atoms with Gasteiger partial charge in [0, 0.05) is 31.5 Å². The predicted octanol–water partition coefficient (Wildman–Crippen LogP) is 0.0818. The van der Waals surface area contributed by atoms with Gasteiger partial charge in [0.1, 0.15) is 0 Å². The maximum Gasteiger partial charge on any atom is 0.310 e. The first-order chi connectivity index (χ1) is 8.21. The van der Waals surface area contributed by atoms with Crippen LogP contribution in [0.25, 0.3) is 0 Å². The molecule has 0 aromatic heterocycles. The summed E-state index contributed by atoms with van der Waals surface area (Å²) in [7, 11) is 0. The maximum absolute atomic E-state index is 11.6. The largest absolute Gasteiger partial charge is 0.481 e. The Bertz CT molecular complexity index is 354. The van der Waals surface area contributed by atoms with Crippen molar-refractivity contribution in [1.29, 1.82) is 0 Å². The highest BCUT2D eigenvalue weighted by Gasteiger charge is 2.35. The minimum atomic E-state index is -0.861. The lowest BCUT2D eigenvalue weighted by Gasteiger charge is -2.36. The normalized spacial score (nSPS) is 16.1. The van der Waals surface area contributed by atoms with Crippen LogP contribution in [0.4, 0.5) is 0 Å². The van der Waals surface area contributed by atoms with Gasteiger partial charge in [0.15, 0.2) is 0 Å². The van der Waals surface area contributed by atoms with Crippen LogP contribution in [0.1, 0.15) is 27.2 Å². The summed E-state index contributed by atoms with van der Waals surface area (Å²) in [6.07, 6.45) is 0.216. The second kappa shape index (κ2) is 5.37. The van der Waals surface area contributed by atoms with Gasteiger partial charge in [-0.05, 0) is 0 Å². The summed E-state index contributed by atoms with van der Waals surface area (Å²) < 4.78 is 0. The van der Waals surface area contributed by atoms with E-state index in [2.05, 4.69) is 5.32 Å². The van der Waals surface area contributed by atoms with Crippen molar-refractivity contribution in [2.24, 2.45) is 11.3 Å². The van der Waals surface area contributed by atoms with Crippen molar-refractivity contribution >= 4 is 17.8 Å². The number of carbonyl (C=O) groups is 3. The highest BCUT2D eigenvalue weighted by atomic mass is 16.4. The molecular weight excluding hydrogens is 236 g/mol. The molecule has 0 radical (unpaired) electrons. The Kier molecular flexibility index (Phi) is 4.32. The SMILES string of the molecule is CC(C)(C)C(=O)NCCC(=O)N1CC(C(=O)O)C1. The van der Waals surface area contributed by atoms with Gasteiger partial charge < -0.3 is 15.3 Å². The lowest BCUT2D eigenvalue weighted by atomic mass is 9.95. The second-order valence-corrected chi connectivity index (χ2v) is 5.59. The standard InChI is InChI=1S/C12H20N2O4/c1-12(2,3)11(18)13-5-4-9(15)14-6-8(7-14)10(16)17/h8H,4-7H2,1-3H3,(H,13,18)(H,16,17). The number of nitrogens with zero attached hydrogens (tertiary/aromatic N) is 1. The van der Waals surface area contributed by atoms with Crippen LogP contribution in [0, 0.1) is 11.3 Å². The fourth-order valence-corrected chi connectivity index (χ4v) is 1.54. The topological polar surface area (TPSA) is 86.7 Å². The van der Waals surface area contributed by atoms with Crippen LogP contribution in [-0.4, -0.2) is 47.4 Å². The van der Waals surface area contributed by atoms with Crippen molar-refractivity contribution in [3.05, 3.63) is 0 Å². The molecule has 0 spiro atoms. The first-order valence-electron chi connectivity index (χ1n) is 6.00. The molecular formula is C12H20N2O4. The zero-order valence-electron chi connectivity index (χ0n) is 11.0. The molecule has 0 atom stereocenters. The molecule has 6 heteroatoms. The average Bonchev–Trinajstić information content (AvgIpc) is 2.12. The maximum atomic E-state index is 11.6. The molecule has 0 bridgehead atoms. The van der Waals surface area contributed by atoms with E-state index in [1.807, 2.05) is 0 Å². The van der Waals surface area contributed by atoms with Gasteiger partial charge >= 0.3 is 5.97 Å². The Balaban J connectivity index is 2.20. The lowest BCUT2D eigenvalue weighted by molar-refractivity contribution is -0.152. The molecule has 6 nitrogen and oxygen atoms in total. The van der Waals surface area contributed by atoms with E-state index in [0.717, 1.165) is 0 Å². The molecule has 1 rings (SSSR count). The number of carbonyl (C=O) groups excluding carboxylic acids is 2. The van der Waals surface area contributed by atoms with Crippen LogP contribution in [0.3, 0.4) is 0 Å². The molecule has 18 heavy (non-hydrogen) atoms. The van der Waals surface area contributed by atoms with Crippen LogP contribution in [0.2, 0.25) is 0 Å². The van der Waals surface area contributed by atoms with Crippen molar-refractivity contribution < 1.29 is 19.5 Å². The Morgan fingerprint density at radius 1 is 1.28 bits per heavy atom. The van der Waals surface area contributed by atoms with E-state index in [1.54, 1.807) is 20.8 Å². The number of hydrogen-bond donors (Lipinski definition) is 2. The van der Waals surface area contributed by atoms with Crippen molar-refractivity contribution in [1.82, 2.24) is 10.2 Å². The third-order valence-corrected chi connectivity index (χ3v) is 2.89. The van der Waals surface area contributed by atoms with Gasteiger partial charge in [-0.15, -0.1) is 0 Å². The Labute approximate surface area is 106 Å². The van der Waals surface area contributed by atoms with E-state index >= 15 is 0 Å².